The van der Waals surface area contributed by atoms with Crippen LogP contribution >= 0.6 is 0 Å². The molecular weight excluding hydrogens is 300 g/mol. The third kappa shape index (κ3) is 4.56. The molecule has 0 saturated carbocycles. The molecule has 4 heteroatoms. The van der Waals surface area contributed by atoms with Crippen molar-refractivity contribution in [3.8, 4) is 0 Å². The van der Waals surface area contributed by atoms with Gasteiger partial charge in [-0.3, -0.25) is 9.59 Å². The van der Waals surface area contributed by atoms with Gasteiger partial charge in [0.05, 0.1) is 11.3 Å². The van der Waals surface area contributed by atoms with Crippen molar-refractivity contribution in [3.05, 3.63) is 71.3 Å². The molecule has 0 aromatic heterocycles. The van der Waals surface area contributed by atoms with Gasteiger partial charge in [0, 0.05) is 6.08 Å². The number of hydrogen-bond acceptors (Lipinski definition) is 2. The van der Waals surface area contributed by atoms with E-state index >= 15 is 0 Å². The standard InChI is InChI=1S/C20H22N2O2/c1-20(2,3)15-11-8-14(9-12-15)10-13-18(23)22-17-7-5-4-6-16(17)19(21)24/h4-13H,1-3H3,(H2,21,24)(H,22,23)/b13-10+. The van der Waals surface area contributed by atoms with Gasteiger partial charge < -0.3 is 11.1 Å². The van der Waals surface area contributed by atoms with E-state index < -0.39 is 5.91 Å². The smallest absolute Gasteiger partial charge is 0.250 e. The summed E-state index contributed by atoms with van der Waals surface area (Å²) in [5, 5.41) is 2.67. The van der Waals surface area contributed by atoms with Crippen LogP contribution in [0.25, 0.3) is 6.08 Å². The fourth-order valence-corrected chi connectivity index (χ4v) is 2.25. The molecule has 2 aromatic carbocycles. The first-order valence-electron chi connectivity index (χ1n) is 7.76. The van der Waals surface area contributed by atoms with E-state index in [-0.39, 0.29) is 16.9 Å². The molecule has 0 spiro atoms. The van der Waals surface area contributed by atoms with Crippen molar-refractivity contribution >= 4 is 23.6 Å². The summed E-state index contributed by atoms with van der Waals surface area (Å²) in [7, 11) is 0. The molecule has 2 rings (SSSR count). The summed E-state index contributed by atoms with van der Waals surface area (Å²) in [6.07, 6.45) is 3.17. The number of carbonyl (C=O) groups is 2. The summed E-state index contributed by atoms with van der Waals surface area (Å²) >= 11 is 0. The van der Waals surface area contributed by atoms with Crippen molar-refractivity contribution in [2.75, 3.05) is 5.32 Å². The number of benzene rings is 2. The van der Waals surface area contributed by atoms with Gasteiger partial charge in [-0.2, -0.15) is 0 Å². The fourth-order valence-electron chi connectivity index (χ4n) is 2.25. The van der Waals surface area contributed by atoms with Gasteiger partial charge in [0.1, 0.15) is 0 Å². The number of carbonyl (C=O) groups excluding carboxylic acids is 2. The van der Waals surface area contributed by atoms with Gasteiger partial charge in [-0.25, -0.2) is 0 Å². The first kappa shape index (κ1) is 17.5. The Morgan fingerprint density at radius 3 is 2.21 bits per heavy atom. The lowest BCUT2D eigenvalue weighted by Gasteiger charge is -2.18. The Kier molecular flexibility index (Phi) is 5.19. The van der Waals surface area contributed by atoms with Crippen molar-refractivity contribution in [2.45, 2.75) is 26.2 Å². The van der Waals surface area contributed by atoms with E-state index in [1.807, 2.05) is 12.1 Å². The summed E-state index contributed by atoms with van der Waals surface area (Å²) in [5.74, 6) is -0.892. The van der Waals surface area contributed by atoms with Crippen LogP contribution < -0.4 is 11.1 Å². The summed E-state index contributed by atoms with van der Waals surface area (Å²) < 4.78 is 0. The van der Waals surface area contributed by atoms with Gasteiger partial charge in [-0.05, 0) is 34.8 Å². The molecule has 0 bridgehead atoms. The highest BCUT2D eigenvalue weighted by atomic mass is 16.2. The second-order valence-corrected chi connectivity index (χ2v) is 6.60. The zero-order valence-electron chi connectivity index (χ0n) is 14.2. The monoisotopic (exact) mass is 322 g/mol. The van der Waals surface area contributed by atoms with Gasteiger partial charge in [0.25, 0.3) is 5.91 Å². The molecule has 124 valence electrons. The topological polar surface area (TPSA) is 72.2 Å². The molecule has 24 heavy (non-hydrogen) atoms. The van der Waals surface area contributed by atoms with Gasteiger partial charge in [-0.1, -0.05) is 57.2 Å². The second kappa shape index (κ2) is 7.13. The zero-order chi connectivity index (χ0) is 17.7. The van der Waals surface area contributed by atoms with Crippen molar-refractivity contribution in [3.63, 3.8) is 0 Å². The van der Waals surface area contributed by atoms with Gasteiger partial charge in [0.15, 0.2) is 0 Å². The number of anilines is 1. The Labute approximate surface area is 142 Å². The Bertz CT molecular complexity index is 769. The average molecular weight is 322 g/mol. The number of para-hydroxylation sites is 1. The number of nitrogens with one attached hydrogen (secondary N) is 1. The molecule has 4 nitrogen and oxygen atoms in total. The number of hydrogen-bond donors (Lipinski definition) is 2. The number of nitrogens with two attached hydrogens (primary N) is 1. The van der Waals surface area contributed by atoms with Crippen molar-refractivity contribution < 1.29 is 9.59 Å². The molecule has 2 aromatic rings. The normalized spacial score (nSPS) is 11.5. The molecule has 0 atom stereocenters. The minimum absolute atomic E-state index is 0.0953. The highest BCUT2D eigenvalue weighted by molar-refractivity contribution is 6.07. The summed E-state index contributed by atoms with van der Waals surface area (Å²) in [5.41, 5.74) is 8.25. The quantitative estimate of drug-likeness (QED) is 0.842. The van der Waals surface area contributed by atoms with Crippen LogP contribution in [-0.4, -0.2) is 11.8 Å². The minimum atomic E-state index is -0.576. The molecule has 2 amide bonds. The van der Waals surface area contributed by atoms with E-state index in [0.29, 0.717) is 5.69 Å². The highest BCUT2D eigenvalue weighted by Crippen LogP contribution is 2.22. The minimum Gasteiger partial charge on any atom is -0.366 e. The molecule has 0 radical (unpaired) electrons. The van der Waals surface area contributed by atoms with Crippen LogP contribution in [0.3, 0.4) is 0 Å². The van der Waals surface area contributed by atoms with Crippen LogP contribution in [-0.2, 0) is 10.2 Å². The third-order valence-electron chi connectivity index (χ3n) is 3.65. The zero-order valence-corrected chi connectivity index (χ0v) is 14.2. The van der Waals surface area contributed by atoms with Crippen LogP contribution in [0.1, 0.15) is 42.3 Å². The van der Waals surface area contributed by atoms with E-state index in [0.717, 1.165) is 5.56 Å². The van der Waals surface area contributed by atoms with Gasteiger partial charge in [-0.15, -0.1) is 0 Å². The van der Waals surface area contributed by atoms with Crippen molar-refractivity contribution in [1.82, 2.24) is 0 Å². The fraction of sp³-hybridized carbons (Fsp3) is 0.200. The Morgan fingerprint density at radius 2 is 1.62 bits per heavy atom. The van der Waals surface area contributed by atoms with Crippen molar-refractivity contribution in [2.24, 2.45) is 5.73 Å². The second-order valence-electron chi connectivity index (χ2n) is 6.60. The highest BCUT2D eigenvalue weighted by Gasteiger charge is 2.12. The van der Waals surface area contributed by atoms with Gasteiger partial charge in [0.2, 0.25) is 5.91 Å². The van der Waals surface area contributed by atoms with E-state index in [4.69, 9.17) is 5.73 Å². The van der Waals surface area contributed by atoms with Crippen LogP contribution in [0.15, 0.2) is 54.6 Å². The first-order valence-corrected chi connectivity index (χ1v) is 7.76. The molecule has 0 unspecified atom stereocenters. The molecule has 0 aliphatic rings. The van der Waals surface area contributed by atoms with Crippen LogP contribution in [0.5, 0.6) is 0 Å². The average Bonchev–Trinajstić information content (AvgIpc) is 2.53. The third-order valence-corrected chi connectivity index (χ3v) is 3.65. The van der Waals surface area contributed by atoms with Crippen molar-refractivity contribution in [1.29, 1.82) is 0 Å². The molecule has 0 heterocycles. The Balaban J connectivity index is 2.07. The lowest BCUT2D eigenvalue weighted by molar-refractivity contribution is -0.111. The van der Waals surface area contributed by atoms with Crippen LogP contribution in [0.2, 0.25) is 0 Å². The Hall–Kier alpha value is -2.88. The lowest BCUT2D eigenvalue weighted by Crippen LogP contribution is -2.16. The lowest BCUT2D eigenvalue weighted by atomic mass is 9.87. The summed E-state index contributed by atoms with van der Waals surface area (Å²) in [6.45, 7) is 6.46. The molecule has 0 aliphatic carbocycles. The summed E-state index contributed by atoms with van der Waals surface area (Å²) in [6, 6.07) is 14.7. The molecule has 0 saturated heterocycles. The maximum Gasteiger partial charge on any atom is 0.250 e. The molecular formula is C20H22N2O2. The number of primary amides is 1. The van der Waals surface area contributed by atoms with E-state index in [1.165, 1.54) is 11.6 Å². The van der Waals surface area contributed by atoms with E-state index in [2.05, 4.69) is 38.2 Å². The first-order chi connectivity index (χ1) is 11.3. The molecule has 0 fully saturated rings. The molecule has 0 aliphatic heterocycles. The summed E-state index contributed by atoms with van der Waals surface area (Å²) in [4.78, 5) is 23.4. The maximum atomic E-state index is 12.0. The SMILES string of the molecule is CC(C)(C)c1ccc(/C=C/C(=O)Nc2ccccc2C(N)=O)cc1. The Morgan fingerprint density at radius 1 is 1.00 bits per heavy atom. The predicted octanol–water partition coefficient (Wildman–Crippen LogP) is 3.73. The predicted molar refractivity (Wildman–Crippen MR) is 97.8 cm³/mol. The maximum absolute atomic E-state index is 12.0. The number of rotatable bonds is 4. The van der Waals surface area contributed by atoms with Crippen LogP contribution in [0.4, 0.5) is 5.69 Å². The largest absolute Gasteiger partial charge is 0.366 e. The van der Waals surface area contributed by atoms with E-state index in [9.17, 15) is 9.59 Å². The van der Waals surface area contributed by atoms with E-state index in [1.54, 1.807) is 30.3 Å². The van der Waals surface area contributed by atoms with Crippen LogP contribution in [0, 0.1) is 0 Å². The molecule has 3 N–H and O–H groups in total. The van der Waals surface area contributed by atoms with Gasteiger partial charge >= 0.3 is 0 Å². The number of amides is 2.